The highest BCUT2D eigenvalue weighted by atomic mass is 32.1. The number of carbonyl (C=O) groups is 2. The van der Waals surface area contributed by atoms with E-state index in [0.717, 1.165) is 51.4 Å². The lowest BCUT2D eigenvalue weighted by molar-refractivity contribution is -0.117. The normalized spacial score (nSPS) is 18.5. The molecule has 2 fully saturated rings. The Labute approximate surface area is 157 Å². The molecule has 136 valence electrons. The molecule has 0 N–H and O–H groups in total. The number of carbonyl (C=O) groups excluding carboxylic acids is 2. The van der Waals surface area contributed by atoms with Gasteiger partial charge in [-0.25, -0.2) is 0 Å². The number of anilines is 1. The number of piperazine rings is 1. The molecule has 6 heteroatoms. The van der Waals surface area contributed by atoms with Gasteiger partial charge in [-0.3, -0.25) is 14.5 Å². The molecular formula is C20H23N3O2S. The summed E-state index contributed by atoms with van der Waals surface area (Å²) in [6.45, 7) is 4.99. The predicted molar refractivity (Wildman–Crippen MR) is 104 cm³/mol. The van der Waals surface area contributed by atoms with Crippen molar-refractivity contribution in [2.75, 3.05) is 37.6 Å². The van der Waals surface area contributed by atoms with Gasteiger partial charge in [0.05, 0.1) is 0 Å². The fraction of sp³-hybridized carbons (Fsp3) is 0.400. The third-order valence-corrected chi connectivity index (χ3v) is 5.86. The van der Waals surface area contributed by atoms with Crippen LogP contribution in [0.25, 0.3) is 0 Å². The molecule has 0 radical (unpaired) electrons. The van der Waals surface area contributed by atoms with Crippen LogP contribution in [0.2, 0.25) is 0 Å². The second kappa shape index (κ2) is 7.60. The summed E-state index contributed by atoms with van der Waals surface area (Å²) in [7, 11) is 0. The minimum Gasteiger partial charge on any atom is -0.336 e. The van der Waals surface area contributed by atoms with Gasteiger partial charge >= 0.3 is 0 Å². The number of amides is 2. The van der Waals surface area contributed by atoms with Gasteiger partial charge < -0.3 is 9.80 Å². The van der Waals surface area contributed by atoms with Crippen molar-refractivity contribution in [3.05, 3.63) is 52.2 Å². The Balaban J connectivity index is 1.38. The van der Waals surface area contributed by atoms with Crippen LogP contribution in [0.4, 0.5) is 5.69 Å². The molecule has 26 heavy (non-hydrogen) atoms. The zero-order valence-electron chi connectivity index (χ0n) is 14.8. The van der Waals surface area contributed by atoms with E-state index < -0.39 is 0 Å². The molecule has 0 aliphatic carbocycles. The molecule has 3 heterocycles. The van der Waals surface area contributed by atoms with Crippen LogP contribution in [0.1, 0.15) is 28.8 Å². The Morgan fingerprint density at radius 2 is 1.92 bits per heavy atom. The van der Waals surface area contributed by atoms with Crippen molar-refractivity contribution in [3.63, 3.8) is 0 Å². The molecule has 5 nitrogen and oxygen atoms in total. The van der Waals surface area contributed by atoms with Crippen molar-refractivity contribution >= 4 is 28.8 Å². The predicted octanol–water partition coefficient (Wildman–Crippen LogP) is 2.83. The molecule has 0 atom stereocenters. The van der Waals surface area contributed by atoms with Gasteiger partial charge in [0.25, 0.3) is 5.91 Å². The summed E-state index contributed by atoms with van der Waals surface area (Å²) in [5.74, 6) is 0.213. The summed E-state index contributed by atoms with van der Waals surface area (Å²) in [4.78, 5) is 30.9. The lowest BCUT2D eigenvalue weighted by Crippen LogP contribution is -2.48. The number of thiophene rings is 1. The van der Waals surface area contributed by atoms with Gasteiger partial charge in [-0.05, 0) is 47.0 Å². The average Bonchev–Trinajstić information content (AvgIpc) is 3.33. The molecule has 2 aromatic rings. The van der Waals surface area contributed by atoms with E-state index in [-0.39, 0.29) is 11.8 Å². The van der Waals surface area contributed by atoms with Gasteiger partial charge in [-0.15, -0.1) is 0 Å². The maximum Gasteiger partial charge on any atom is 0.254 e. The first-order valence-electron chi connectivity index (χ1n) is 9.14. The van der Waals surface area contributed by atoms with Crippen LogP contribution in [0.3, 0.4) is 0 Å². The molecule has 2 aliphatic rings. The van der Waals surface area contributed by atoms with E-state index in [9.17, 15) is 9.59 Å². The van der Waals surface area contributed by atoms with Crippen molar-refractivity contribution in [2.45, 2.75) is 19.4 Å². The van der Waals surface area contributed by atoms with Crippen LogP contribution in [0, 0.1) is 0 Å². The van der Waals surface area contributed by atoms with Crippen molar-refractivity contribution < 1.29 is 9.59 Å². The van der Waals surface area contributed by atoms with Gasteiger partial charge in [-0.2, -0.15) is 11.3 Å². The topological polar surface area (TPSA) is 43.9 Å². The molecule has 1 aromatic heterocycles. The summed E-state index contributed by atoms with van der Waals surface area (Å²) < 4.78 is 0. The zero-order valence-corrected chi connectivity index (χ0v) is 15.6. The molecule has 0 unspecified atom stereocenters. The van der Waals surface area contributed by atoms with Crippen LogP contribution in [-0.4, -0.2) is 54.3 Å². The van der Waals surface area contributed by atoms with Crippen LogP contribution in [0.5, 0.6) is 0 Å². The SMILES string of the molecule is O=C(c1cccc(N2CCCC2=O)c1)N1CCN(Cc2ccsc2)CC1. The molecule has 0 saturated carbocycles. The summed E-state index contributed by atoms with van der Waals surface area (Å²) in [6.07, 6.45) is 1.49. The zero-order chi connectivity index (χ0) is 17.9. The quantitative estimate of drug-likeness (QED) is 0.832. The Hall–Kier alpha value is -2.18. The second-order valence-electron chi connectivity index (χ2n) is 6.90. The number of benzene rings is 1. The maximum absolute atomic E-state index is 12.9. The summed E-state index contributed by atoms with van der Waals surface area (Å²) in [6, 6.07) is 9.67. The first kappa shape index (κ1) is 17.2. The van der Waals surface area contributed by atoms with Crippen LogP contribution < -0.4 is 4.90 Å². The van der Waals surface area contributed by atoms with Gasteiger partial charge in [0.15, 0.2) is 0 Å². The van der Waals surface area contributed by atoms with E-state index in [1.807, 2.05) is 29.2 Å². The second-order valence-corrected chi connectivity index (χ2v) is 7.68. The summed E-state index contributed by atoms with van der Waals surface area (Å²) in [5, 5.41) is 4.29. The number of nitrogens with zero attached hydrogens (tertiary/aromatic N) is 3. The fourth-order valence-corrected chi connectivity index (χ4v) is 4.32. The van der Waals surface area contributed by atoms with E-state index in [2.05, 4.69) is 21.7 Å². The monoisotopic (exact) mass is 369 g/mol. The number of rotatable bonds is 4. The lowest BCUT2D eigenvalue weighted by atomic mass is 10.1. The van der Waals surface area contributed by atoms with E-state index in [0.29, 0.717) is 12.0 Å². The minimum atomic E-state index is 0.0636. The summed E-state index contributed by atoms with van der Waals surface area (Å²) in [5.41, 5.74) is 2.86. The molecule has 0 bridgehead atoms. The largest absolute Gasteiger partial charge is 0.336 e. The van der Waals surface area contributed by atoms with Crippen LogP contribution >= 0.6 is 11.3 Å². The Bertz CT molecular complexity index is 782. The summed E-state index contributed by atoms with van der Waals surface area (Å²) >= 11 is 1.72. The Kier molecular flexibility index (Phi) is 5.04. The molecule has 1 aromatic carbocycles. The van der Waals surface area contributed by atoms with Crippen LogP contribution in [0.15, 0.2) is 41.1 Å². The van der Waals surface area contributed by atoms with Gasteiger partial charge in [0.1, 0.15) is 0 Å². The van der Waals surface area contributed by atoms with Gasteiger partial charge in [0, 0.05) is 56.9 Å². The molecule has 4 rings (SSSR count). The average molecular weight is 369 g/mol. The van der Waals surface area contributed by atoms with E-state index in [1.54, 1.807) is 16.2 Å². The first-order chi connectivity index (χ1) is 12.7. The molecule has 2 amide bonds. The van der Waals surface area contributed by atoms with Gasteiger partial charge in [-0.1, -0.05) is 6.07 Å². The van der Waals surface area contributed by atoms with Gasteiger partial charge in [0.2, 0.25) is 5.91 Å². The van der Waals surface area contributed by atoms with Crippen LogP contribution in [-0.2, 0) is 11.3 Å². The highest BCUT2D eigenvalue weighted by Gasteiger charge is 2.25. The Morgan fingerprint density at radius 3 is 2.62 bits per heavy atom. The Morgan fingerprint density at radius 1 is 1.08 bits per heavy atom. The number of hydrogen-bond acceptors (Lipinski definition) is 4. The number of hydrogen-bond donors (Lipinski definition) is 0. The highest BCUT2D eigenvalue weighted by molar-refractivity contribution is 7.07. The standard InChI is InChI=1S/C20H23N3O2S/c24-19-5-2-7-23(19)18-4-1-3-17(13-18)20(25)22-10-8-21(9-11-22)14-16-6-12-26-15-16/h1,3-4,6,12-13,15H,2,5,7-11,14H2. The van der Waals surface area contributed by atoms with E-state index >= 15 is 0 Å². The van der Waals surface area contributed by atoms with E-state index in [4.69, 9.17) is 0 Å². The molecule has 2 aliphatic heterocycles. The molecular weight excluding hydrogens is 346 g/mol. The van der Waals surface area contributed by atoms with E-state index in [1.165, 1.54) is 5.56 Å². The minimum absolute atomic E-state index is 0.0636. The molecule has 0 spiro atoms. The smallest absolute Gasteiger partial charge is 0.254 e. The maximum atomic E-state index is 12.9. The third-order valence-electron chi connectivity index (χ3n) is 5.12. The first-order valence-corrected chi connectivity index (χ1v) is 10.1. The van der Waals surface area contributed by atoms with Crippen molar-refractivity contribution in [1.29, 1.82) is 0 Å². The fourth-order valence-electron chi connectivity index (χ4n) is 3.66. The molecule has 2 saturated heterocycles. The third kappa shape index (κ3) is 3.66. The highest BCUT2D eigenvalue weighted by Crippen LogP contribution is 2.23. The lowest BCUT2D eigenvalue weighted by Gasteiger charge is -2.34. The van der Waals surface area contributed by atoms with Crippen molar-refractivity contribution in [3.8, 4) is 0 Å². The van der Waals surface area contributed by atoms with Crippen molar-refractivity contribution in [1.82, 2.24) is 9.80 Å². The van der Waals surface area contributed by atoms with Crippen molar-refractivity contribution in [2.24, 2.45) is 0 Å².